The minimum atomic E-state index is -0.314. The van der Waals surface area contributed by atoms with Crippen LogP contribution in [-0.4, -0.2) is 35.6 Å². The van der Waals surface area contributed by atoms with Crippen molar-refractivity contribution in [2.75, 3.05) is 24.3 Å². The Hall–Kier alpha value is -1.85. The number of nitrogens with two attached hydrogens (primary N) is 1. The Kier molecular flexibility index (Phi) is 4.04. The molecule has 88 valence electrons. The van der Waals surface area contributed by atoms with Crippen molar-refractivity contribution in [1.82, 2.24) is 9.97 Å². The van der Waals surface area contributed by atoms with Gasteiger partial charge in [-0.1, -0.05) is 0 Å². The van der Waals surface area contributed by atoms with Crippen LogP contribution in [0.1, 0.15) is 13.8 Å². The van der Waals surface area contributed by atoms with Crippen molar-refractivity contribution in [1.29, 1.82) is 0 Å². The molecule has 1 rings (SSSR count). The largest absolute Gasteiger partial charge is 0.468 e. The summed E-state index contributed by atoms with van der Waals surface area (Å²) >= 11 is 0. The van der Waals surface area contributed by atoms with Crippen LogP contribution in [0.3, 0.4) is 0 Å². The lowest BCUT2D eigenvalue weighted by atomic mass is 10.3. The van der Waals surface area contributed by atoms with Crippen LogP contribution in [-0.2, 0) is 9.53 Å². The zero-order valence-corrected chi connectivity index (χ0v) is 9.67. The van der Waals surface area contributed by atoms with E-state index in [9.17, 15) is 4.79 Å². The summed E-state index contributed by atoms with van der Waals surface area (Å²) in [5.41, 5.74) is 5.49. The van der Waals surface area contributed by atoms with Gasteiger partial charge in [-0.25, -0.2) is 4.98 Å². The molecule has 0 radical (unpaired) electrons. The Morgan fingerprint density at radius 2 is 2.31 bits per heavy atom. The molecule has 1 aromatic rings. The van der Waals surface area contributed by atoms with Gasteiger partial charge in [0.05, 0.1) is 7.11 Å². The van der Waals surface area contributed by atoms with Crippen molar-refractivity contribution in [2.45, 2.75) is 19.9 Å². The molecule has 0 fully saturated rings. The van der Waals surface area contributed by atoms with Crippen LogP contribution >= 0.6 is 0 Å². The first-order valence-corrected chi connectivity index (χ1v) is 4.96. The lowest BCUT2D eigenvalue weighted by Crippen LogP contribution is -2.37. The average molecular weight is 224 g/mol. The second-order valence-electron chi connectivity index (χ2n) is 3.57. The molecular formula is C10H16N4O2. The monoisotopic (exact) mass is 224 g/mol. The van der Waals surface area contributed by atoms with Crippen LogP contribution in [0.4, 0.5) is 11.8 Å². The molecule has 6 nitrogen and oxygen atoms in total. The Balaban J connectivity index is 2.89. The molecule has 0 amide bonds. The van der Waals surface area contributed by atoms with Crippen molar-refractivity contribution in [2.24, 2.45) is 0 Å². The van der Waals surface area contributed by atoms with E-state index in [-0.39, 0.29) is 24.5 Å². The predicted molar refractivity (Wildman–Crippen MR) is 60.9 cm³/mol. The Morgan fingerprint density at radius 1 is 1.62 bits per heavy atom. The SMILES string of the molecule is COC(=O)CN(c1ccnc(N)n1)C(C)C. The summed E-state index contributed by atoms with van der Waals surface area (Å²) in [6.45, 7) is 4.06. The van der Waals surface area contributed by atoms with Crippen LogP contribution in [0.25, 0.3) is 0 Å². The number of anilines is 2. The van der Waals surface area contributed by atoms with Gasteiger partial charge in [0.15, 0.2) is 0 Å². The molecule has 0 bridgehead atoms. The number of rotatable bonds is 4. The molecular weight excluding hydrogens is 208 g/mol. The lowest BCUT2D eigenvalue weighted by Gasteiger charge is -2.26. The van der Waals surface area contributed by atoms with E-state index in [4.69, 9.17) is 5.73 Å². The van der Waals surface area contributed by atoms with Crippen molar-refractivity contribution in [3.63, 3.8) is 0 Å². The van der Waals surface area contributed by atoms with Gasteiger partial charge in [-0.2, -0.15) is 4.98 Å². The number of nitrogen functional groups attached to an aromatic ring is 1. The number of aromatic nitrogens is 2. The summed E-state index contributed by atoms with van der Waals surface area (Å²) in [7, 11) is 1.36. The third-order valence-corrected chi connectivity index (χ3v) is 2.10. The standard InChI is InChI=1S/C10H16N4O2/c1-7(2)14(6-9(15)16-3)8-4-5-12-10(11)13-8/h4-5,7H,6H2,1-3H3,(H2,11,12,13). The van der Waals surface area contributed by atoms with Crippen molar-refractivity contribution in [3.05, 3.63) is 12.3 Å². The maximum Gasteiger partial charge on any atom is 0.325 e. The summed E-state index contributed by atoms with van der Waals surface area (Å²) in [5, 5.41) is 0. The number of hydrogen-bond donors (Lipinski definition) is 1. The molecule has 1 heterocycles. The summed E-state index contributed by atoms with van der Waals surface area (Å²) in [4.78, 5) is 20.9. The summed E-state index contributed by atoms with van der Waals surface area (Å²) in [6.07, 6.45) is 1.56. The lowest BCUT2D eigenvalue weighted by molar-refractivity contribution is -0.139. The van der Waals surface area contributed by atoms with E-state index in [1.807, 2.05) is 13.8 Å². The smallest absolute Gasteiger partial charge is 0.325 e. The second kappa shape index (κ2) is 5.29. The molecule has 0 aliphatic rings. The molecule has 6 heteroatoms. The highest BCUT2D eigenvalue weighted by atomic mass is 16.5. The molecule has 0 saturated heterocycles. The number of esters is 1. The van der Waals surface area contributed by atoms with Gasteiger partial charge in [0.2, 0.25) is 5.95 Å². The van der Waals surface area contributed by atoms with E-state index in [2.05, 4.69) is 14.7 Å². The highest BCUT2D eigenvalue weighted by Crippen LogP contribution is 2.13. The van der Waals surface area contributed by atoms with E-state index >= 15 is 0 Å². The van der Waals surface area contributed by atoms with Gasteiger partial charge in [0.1, 0.15) is 12.4 Å². The zero-order chi connectivity index (χ0) is 12.1. The topological polar surface area (TPSA) is 81.3 Å². The summed E-state index contributed by atoms with van der Waals surface area (Å²) in [5.74, 6) is 0.492. The summed E-state index contributed by atoms with van der Waals surface area (Å²) < 4.78 is 4.63. The zero-order valence-electron chi connectivity index (χ0n) is 9.67. The van der Waals surface area contributed by atoms with E-state index in [1.54, 1.807) is 17.2 Å². The molecule has 16 heavy (non-hydrogen) atoms. The van der Waals surface area contributed by atoms with Gasteiger partial charge in [-0.3, -0.25) is 4.79 Å². The van der Waals surface area contributed by atoms with Gasteiger partial charge in [-0.15, -0.1) is 0 Å². The number of hydrogen-bond acceptors (Lipinski definition) is 6. The van der Waals surface area contributed by atoms with Crippen LogP contribution in [0, 0.1) is 0 Å². The first-order chi connectivity index (χ1) is 7.54. The normalized spacial score (nSPS) is 10.2. The molecule has 1 aromatic heterocycles. The highest BCUT2D eigenvalue weighted by molar-refractivity contribution is 5.75. The number of ether oxygens (including phenoxy) is 1. The van der Waals surface area contributed by atoms with E-state index in [1.165, 1.54) is 7.11 Å². The first kappa shape index (κ1) is 12.2. The summed E-state index contributed by atoms with van der Waals surface area (Å²) in [6, 6.07) is 1.83. The molecule has 2 N–H and O–H groups in total. The fourth-order valence-electron chi connectivity index (χ4n) is 1.26. The van der Waals surface area contributed by atoms with E-state index in [0.29, 0.717) is 5.82 Å². The van der Waals surface area contributed by atoms with E-state index < -0.39 is 0 Å². The third-order valence-electron chi connectivity index (χ3n) is 2.10. The van der Waals surface area contributed by atoms with Crippen LogP contribution in [0.5, 0.6) is 0 Å². The minimum absolute atomic E-state index is 0.119. The molecule has 0 aromatic carbocycles. The Bertz CT molecular complexity index is 368. The van der Waals surface area contributed by atoms with Gasteiger partial charge in [0, 0.05) is 12.2 Å². The fourth-order valence-corrected chi connectivity index (χ4v) is 1.26. The van der Waals surface area contributed by atoms with Crippen LogP contribution in [0.15, 0.2) is 12.3 Å². The molecule has 0 atom stereocenters. The quantitative estimate of drug-likeness (QED) is 0.748. The number of carbonyl (C=O) groups is 1. The van der Waals surface area contributed by atoms with Crippen molar-refractivity contribution in [3.8, 4) is 0 Å². The van der Waals surface area contributed by atoms with Gasteiger partial charge in [-0.05, 0) is 19.9 Å². The molecule has 0 spiro atoms. The maximum absolute atomic E-state index is 11.2. The van der Waals surface area contributed by atoms with Crippen LogP contribution < -0.4 is 10.6 Å². The van der Waals surface area contributed by atoms with Gasteiger partial charge >= 0.3 is 5.97 Å². The average Bonchev–Trinajstić information content (AvgIpc) is 2.25. The third kappa shape index (κ3) is 3.08. The maximum atomic E-state index is 11.2. The second-order valence-corrected chi connectivity index (χ2v) is 3.57. The first-order valence-electron chi connectivity index (χ1n) is 4.96. The van der Waals surface area contributed by atoms with E-state index in [0.717, 1.165) is 0 Å². The minimum Gasteiger partial charge on any atom is -0.468 e. The Morgan fingerprint density at radius 3 is 2.81 bits per heavy atom. The molecule has 0 unspecified atom stereocenters. The molecule has 0 aliphatic carbocycles. The van der Waals surface area contributed by atoms with Crippen molar-refractivity contribution < 1.29 is 9.53 Å². The van der Waals surface area contributed by atoms with Gasteiger partial charge in [0.25, 0.3) is 0 Å². The molecule has 0 aliphatic heterocycles. The number of methoxy groups -OCH3 is 1. The predicted octanol–water partition coefficient (Wildman–Crippen LogP) is 0.447. The van der Waals surface area contributed by atoms with Crippen LogP contribution in [0.2, 0.25) is 0 Å². The Labute approximate surface area is 94.4 Å². The van der Waals surface area contributed by atoms with Crippen molar-refractivity contribution >= 4 is 17.7 Å². The fraction of sp³-hybridized carbons (Fsp3) is 0.500. The number of nitrogens with zero attached hydrogens (tertiary/aromatic N) is 3. The number of carbonyl (C=O) groups excluding carboxylic acids is 1. The highest BCUT2D eigenvalue weighted by Gasteiger charge is 2.16. The van der Waals surface area contributed by atoms with Gasteiger partial charge < -0.3 is 15.4 Å². The molecule has 0 saturated carbocycles.